The van der Waals surface area contributed by atoms with Crippen molar-refractivity contribution in [3.05, 3.63) is 122 Å². The van der Waals surface area contributed by atoms with E-state index < -0.39 is 67.3 Å². The van der Waals surface area contributed by atoms with Gasteiger partial charge < -0.3 is 39.0 Å². The Morgan fingerprint density at radius 2 is 0.827 bits per heavy atom. The summed E-state index contributed by atoms with van der Waals surface area (Å²) in [5.74, 6) is -3.28. The van der Waals surface area contributed by atoms with Crippen LogP contribution in [0.4, 0.5) is 0 Å². The number of carbonyl (C=O) groups excluding carboxylic acids is 3. The second-order valence-corrected chi connectivity index (χ2v) is 18.8. The summed E-state index contributed by atoms with van der Waals surface area (Å²) in [6, 6.07) is 0. The lowest BCUT2D eigenvalue weighted by Crippen LogP contribution is -2.61. The van der Waals surface area contributed by atoms with Crippen molar-refractivity contribution < 1.29 is 58.2 Å². The van der Waals surface area contributed by atoms with Crippen molar-refractivity contribution in [3.63, 3.8) is 0 Å². The molecule has 12 nitrogen and oxygen atoms in total. The lowest BCUT2D eigenvalue weighted by Gasteiger charge is -2.40. The maximum atomic E-state index is 13.1. The molecule has 0 aromatic rings. The molecule has 0 radical (unpaired) electrons. The number of unbranched alkanes of at least 4 members (excludes halogenated alkanes) is 12. The minimum absolute atomic E-state index is 0.0256. The Labute approximate surface area is 452 Å². The summed E-state index contributed by atoms with van der Waals surface area (Å²) in [4.78, 5) is 51.0. The smallest absolute Gasteiger partial charge is 0.335 e. The van der Waals surface area contributed by atoms with Gasteiger partial charge in [-0.1, -0.05) is 194 Å². The fourth-order valence-corrected chi connectivity index (χ4v) is 7.76. The molecule has 1 fully saturated rings. The van der Waals surface area contributed by atoms with Crippen molar-refractivity contribution in [3.8, 4) is 0 Å². The first-order valence-electron chi connectivity index (χ1n) is 28.5. The number of aliphatic hydroxyl groups is 2. The molecule has 0 saturated carbocycles. The summed E-state index contributed by atoms with van der Waals surface area (Å²) in [7, 11) is 0. The maximum Gasteiger partial charge on any atom is 0.335 e. The fraction of sp³-hybridized carbons (Fsp3) is 0.619. The molecule has 3 N–H and O–H groups in total. The number of carboxylic acids is 1. The third-order valence-corrected chi connectivity index (χ3v) is 12.0. The van der Waals surface area contributed by atoms with Crippen molar-refractivity contribution in [1.82, 2.24) is 0 Å². The lowest BCUT2D eigenvalue weighted by molar-refractivity contribution is -0.301. The number of rotatable bonds is 46. The van der Waals surface area contributed by atoms with E-state index in [1.54, 1.807) is 0 Å². The van der Waals surface area contributed by atoms with Crippen LogP contribution in [-0.4, -0.2) is 89.2 Å². The number of hydrogen-bond donors (Lipinski definition) is 3. The van der Waals surface area contributed by atoms with E-state index in [0.29, 0.717) is 25.7 Å². The second-order valence-electron chi connectivity index (χ2n) is 18.8. The summed E-state index contributed by atoms with van der Waals surface area (Å²) in [5.41, 5.74) is 0. The van der Waals surface area contributed by atoms with Crippen molar-refractivity contribution in [2.75, 3.05) is 13.2 Å². The van der Waals surface area contributed by atoms with Crippen molar-refractivity contribution >= 4 is 23.9 Å². The minimum atomic E-state index is -1.93. The van der Waals surface area contributed by atoms with Crippen LogP contribution in [0.1, 0.15) is 201 Å². The summed E-state index contributed by atoms with van der Waals surface area (Å²) in [6.45, 7) is 5.55. The van der Waals surface area contributed by atoms with E-state index in [-0.39, 0.29) is 25.9 Å². The van der Waals surface area contributed by atoms with Crippen LogP contribution in [0, 0.1) is 0 Å². The van der Waals surface area contributed by atoms with E-state index in [9.17, 15) is 34.5 Å². The molecular formula is C63H98O12. The summed E-state index contributed by atoms with van der Waals surface area (Å²) < 4.78 is 28.3. The number of ether oxygens (including phenoxy) is 5. The first-order chi connectivity index (χ1) is 36.6. The molecule has 1 heterocycles. The summed E-state index contributed by atoms with van der Waals surface area (Å²) >= 11 is 0. The number of allylic oxidation sites excluding steroid dienone is 20. The number of aliphatic carboxylic acids is 1. The van der Waals surface area contributed by atoms with Gasteiger partial charge in [-0.15, -0.1) is 0 Å². The molecule has 0 amide bonds. The van der Waals surface area contributed by atoms with E-state index in [0.717, 1.165) is 135 Å². The quantitative estimate of drug-likeness (QED) is 0.0228. The Morgan fingerprint density at radius 3 is 1.27 bits per heavy atom. The van der Waals surface area contributed by atoms with Gasteiger partial charge >= 0.3 is 23.9 Å². The van der Waals surface area contributed by atoms with Gasteiger partial charge in [-0.25, -0.2) is 4.79 Å². The van der Waals surface area contributed by atoms with Gasteiger partial charge in [-0.3, -0.25) is 14.4 Å². The molecule has 0 spiro atoms. The normalized spacial score (nSPS) is 19.1. The van der Waals surface area contributed by atoms with Gasteiger partial charge in [0.15, 0.2) is 24.6 Å². The highest BCUT2D eigenvalue weighted by molar-refractivity contribution is 5.74. The lowest BCUT2D eigenvalue weighted by atomic mass is 9.98. The highest BCUT2D eigenvalue weighted by Gasteiger charge is 2.50. The van der Waals surface area contributed by atoms with Crippen LogP contribution >= 0.6 is 0 Å². The molecule has 0 aromatic carbocycles. The first-order valence-corrected chi connectivity index (χ1v) is 28.5. The van der Waals surface area contributed by atoms with Crippen LogP contribution in [0.2, 0.25) is 0 Å². The molecule has 0 aliphatic carbocycles. The zero-order chi connectivity index (χ0) is 54.7. The molecule has 1 aliphatic heterocycles. The fourth-order valence-electron chi connectivity index (χ4n) is 7.76. The Hall–Kier alpha value is -4.88. The molecule has 1 saturated heterocycles. The predicted octanol–water partition coefficient (Wildman–Crippen LogP) is 14.4. The molecule has 6 unspecified atom stereocenters. The average Bonchev–Trinajstić information content (AvgIpc) is 3.39. The number of carbonyl (C=O) groups is 4. The average molecular weight is 1050 g/mol. The topological polar surface area (TPSA) is 175 Å². The first kappa shape index (κ1) is 68.1. The van der Waals surface area contributed by atoms with Gasteiger partial charge in [-0.2, -0.15) is 0 Å². The second kappa shape index (κ2) is 50.0. The van der Waals surface area contributed by atoms with Crippen LogP contribution in [0.3, 0.4) is 0 Å². The zero-order valence-corrected chi connectivity index (χ0v) is 46.2. The van der Waals surface area contributed by atoms with Gasteiger partial charge in [0.25, 0.3) is 0 Å². The van der Waals surface area contributed by atoms with Gasteiger partial charge in [0.05, 0.1) is 6.61 Å². The third kappa shape index (κ3) is 40.1. The summed E-state index contributed by atoms with van der Waals surface area (Å²) in [5, 5.41) is 31.4. The van der Waals surface area contributed by atoms with Crippen LogP contribution in [0.25, 0.3) is 0 Å². The Balaban J connectivity index is 2.75. The van der Waals surface area contributed by atoms with Gasteiger partial charge in [-0.05, 0) is 109 Å². The summed E-state index contributed by atoms with van der Waals surface area (Å²) in [6.07, 6.45) is 56.2. The zero-order valence-electron chi connectivity index (χ0n) is 46.2. The molecule has 422 valence electrons. The number of aliphatic hydroxyl groups excluding tert-OH is 2. The largest absolute Gasteiger partial charge is 0.479 e. The number of hydrogen-bond acceptors (Lipinski definition) is 11. The Kier molecular flexibility index (Phi) is 45.4. The molecular weight excluding hydrogens is 949 g/mol. The van der Waals surface area contributed by atoms with Crippen molar-refractivity contribution in [2.45, 2.75) is 237 Å². The maximum absolute atomic E-state index is 13.1. The molecule has 12 heteroatoms. The van der Waals surface area contributed by atoms with E-state index in [2.05, 4.69) is 130 Å². The van der Waals surface area contributed by atoms with E-state index in [1.807, 2.05) is 12.2 Å². The highest BCUT2D eigenvalue weighted by Crippen LogP contribution is 2.26. The van der Waals surface area contributed by atoms with Crippen LogP contribution in [0.5, 0.6) is 0 Å². The monoisotopic (exact) mass is 1050 g/mol. The van der Waals surface area contributed by atoms with Gasteiger partial charge in [0.1, 0.15) is 18.8 Å². The molecule has 0 bridgehead atoms. The highest BCUT2D eigenvalue weighted by atomic mass is 16.7. The SMILES string of the molecule is CC/C=C\C/C=C\C/C=C\C/C=C\CCC(=O)OC(COC(=O)CCCCCCCCC/C=C\C/C=C\C/C=C\CC)COC1OC(C(=O)O)C(O)C(O)C1OC(=O)CCCCCCC/C=C\C/C=C\C/C=C\CC. The standard InChI is InChI=1S/C63H98O12/c1-4-7-10-13-16-19-22-25-27-28-30-32-34-37-40-43-46-49-55(64)71-52-54(73-56(65)50-47-44-41-38-35-31-24-21-18-15-12-9-6-3)53-72-63-61(59(68)58(67)60(75-63)62(69)70)74-57(66)51-48-45-42-39-36-33-29-26-23-20-17-14-11-8-5-2/h7-12,16-21,25-27,29,31,35,41,44,54,58-61,63,67-68H,4-6,13-15,22-24,28,30,32-34,36-40,42-43,45-53H2,1-3H3,(H,69,70)/b10-7-,11-8-,12-9-,19-16-,20-17-,21-18-,27-25-,29-26-,35-31-,44-41-. The van der Waals surface area contributed by atoms with Crippen LogP contribution < -0.4 is 0 Å². The van der Waals surface area contributed by atoms with E-state index >= 15 is 0 Å². The minimum Gasteiger partial charge on any atom is -0.479 e. The van der Waals surface area contributed by atoms with Crippen molar-refractivity contribution in [1.29, 1.82) is 0 Å². The van der Waals surface area contributed by atoms with Gasteiger partial charge in [0.2, 0.25) is 0 Å². The molecule has 1 rings (SSSR count). The Morgan fingerprint density at radius 1 is 0.440 bits per heavy atom. The van der Waals surface area contributed by atoms with Gasteiger partial charge in [0, 0.05) is 19.3 Å². The Bertz CT molecular complexity index is 1770. The van der Waals surface area contributed by atoms with Crippen LogP contribution in [0.15, 0.2) is 122 Å². The number of esters is 3. The predicted molar refractivity (Wildman–Crippen MR) is 303 cm³/mol. The third-order valence-electron chi connectivity index (χ3n) is 12.0. The molecule has 1 aliphatic rings. The van der Waals surface area contributed by atoms with E-state index in [1.165, 1.54) is 0 Å². The number of carboxylic acid groups (broad SMARTS) is 1. The molecule has 75 heavy (non-hydrogen) atoms. The van der Waals surface area contributed by atoms with Crippen LogP contribution in [-0.2, 0) is 42.9 Å². The van der Waals surface area contributed by atoms with Crippen molar-refractivity contribution in [2.24, 2.45) is 0 Å². The van der Waals surface area contributed by atoms with E-state index in [4.69, 9.17) is 23.7 Å². The molecule has 6 atom stereocenters. The molecule has 0 aromatic heterocycles.